The van der Waals surface area contributed by atoms with Crippen LogP contribution in [0, 0.1) is 5.92 Å². The third-order valence-electron chi connectivity index (χ3n) is 3.82. The highest BCUT2D eigenvalue weighted by atomic mass is 35.5. The monoisotopic (exact) mass is 394 g/mol. The van der Waals surface area contributed by atoms with E-state index >= 15 is 0 Å². The number of carbonyl (C=O) groups is 2. The summed E-state index contributed by atoms with van der Waals surface area (Å²) in [6, 6.07) is 12.1. The standard InChI is InChI=1S/C19H20Cl2N2O3/c1-12(19(25)26)10-23(2)11-13-4-3-5-15(8-13)22-18(24)16-7-6-14(20)9-17(16)21/h3-9,12H,10-11H2,1-2H3,(H,22,24)(H,25,26). The maximum atomic E-state index is 12.4. The van der Waals surface area contributed by atoms with Gasteiger partial charge in [0.25, 0.3) is 5.91 Å². The Morgan fingerprint density at radius 2 is 1.92 bits per heavy atom. The second-order valence-corrected chi connectivity index (χ2v) is 7.06. The first-order chi connectivity index (χ1) is 12.3. The minimum absolute atomic E-state index is 0.286. The molecule has 1 atom stereocenters. The molecule has 0 aliphatic heterocycles. The molecule has 0 heterocycles. The highest BCUT2D eigenvalue weighted by Gasteiger charge is 2.14. The van der Waals surface area contributed by atoms with E-state index < -0.39 is 11.9 Å². The van der Waals surface area contributed by atoms with Gasteiger partial charge < -0.3 is 15.3 Å². The molecule has 0 saturated heterocycles. The molecule has 0 radical (unpaired) electrons. The molecule has 2 rings (SSSR count). The number of benzene rings is 2. The molecule has 5 nitrogen and oxygen atoms in total. The lowest BCUT2D eigenvalue weighted by atomic mass is 10.1. The molecule has 0 fully saturated rings. The molecule has 7 heteroatoms. The summed E-state index contributed by atoms with van der Waals surface area (Å²) in [7, 11) is 1.86. The van der Waals surface area contributed by atoms with Gasteiger partial charge in [0, 0.05) is 23.8 Å². The number of anilines is 1. The van der Waals surface area contributed by atoms with E-state index in [0.29, 0.717) is 29.4 Å². The van der Waals surface area contributed by atoms with Crippen LogP contribution in [-0.4, -0.2) is 35.5 Å². The van der Waals surface area contributed by atoms with Crippen molar-refractivity contribution >= 4 is 40.8 Å². The van der Waals surface area contributed by atoms with Crippen molar-refractivity contribution in [3.63, 3.8) is 0 Å². The third kappa shape index (κ3) is 5.73. The van der Waals surface area contributed by atoms with Crippen LogP contribution in [0.15, 0.2) is 42.5 Å². The number of carboxylic acid groups (broad SMARTS) is 1. The zero-order valence-corrected chi connectivity index (χ0v) is 16.0. The summed E-state index contributed by atoms with van der Waals surface area (Å²) >= 11 is 11.9. The SMILES string of the molecule is CC(CN(C)Cc1cccc(NC(=O)c2ccc(Cl)cc2Cl)c1)C(=O)O. The summed E-state index contributed by atoms with van der Waals surface area (Å²) in [6.45, 7) is 2.68. The number of hydrogen-bond donors (Lipinski definition) is 2. The molecule has 2 N–H and O–H groups in total. The summed E-state index contributed by atoms with van der Waals surface area (Å²) in [4.78, 5) is 25.3. The van der Waals surface area contributed by atoms with Crippen molar-refractivity contribution in [2.24, 2.45) is 5.92 Å². The van der Waals surface area contributed by atoms with Crippen molar-refractivity contribution in [2.75, 3.05) is 18.9 Å². The van der Waals surface area contributed by atoms with Gasteiger partial charge in [-0.2, -0.15) is 0 Å². The number of carboxylic acids is 1. The Balaban J connectivity index is 2.04. The zero-order valence-electron chi connectivity index (χ0n) is 14.5. The van der Waals surface area contributed by atoms with Crippen LogP contribution in [-0.2, 0) is 11.3 Å². The van der Waals surface area contributed by atoms with Crippen LogP contribution in [0.25, 0.3) is 0 Å². The van der Waals surface area contributed by atoms with Crippen molar-refractivity contribution < 1.29 is 14.7 Å². The molecule has 2 aromatic rings. The minimum atomic E-state index is -0.822. The number of rotatable bonds is 7. The molecule has 0 bridgehead atoms. The molecule has 1 amide bonds. The Kier molecular flexibility index (Phi) is 7.03. The molecule has 0 aromatic heterocycles. The Hall–Kier alpha value is -2.08. The first kappa shape index (κ1) is 20.2. The minimum Gasteiger partial charge on any atom is -0.481 e. The maximum absolute atomic E-state index is 12.4. The molecule has 26 heavy (non-hydrogen) atoms. The molecule has 1 unspecified atom stereocenters. The van der Waals surface area contributed by atoms with Crippen LogP contribution in [0.2, 0.25) is 10.0 Å². The highest BCUT2D eigenvalue weighted by molar-refractivity contribution is 6.37. The van der Waals surface area contributed by atoms with Gasteiger partial charge in [-0.25, -0.2) is 0 Å². The molecular weight excluding hydrogens is 375 g/mol. The topological polar surface area (TPSA) is 69.6 Å². The fourth-order valence-electron chi connectivity index (χ4n) is 2.54. The number of halogens is 2. The van der Waals surface area contributed by atoms with E-state index in [1.54, 1.807) is 25.1 Å². The molecule has 138 valence electrons. The second-order valence-electron chi connectivity index (χ2n) is 6.21. The summed E-state index contributed by atoms with van der Waals surface area (Å²) in [5.41, 5.74) is 1.94. The first-order valence-corrected chi connectivity index (χ1v) is 8.78. The maximum Gasteiger partial charge on any atom is 0.307 e. The lowest BCUT2D eigenvalue weighted by Crippen LogP contribution is -2.28. The predicted molar refractivity (Wildman–Crippen MR) is 104 cm³/mol. The van der Waals surface area contributed by atoms with Gasteiger partial charge in [-0.3, -0.25) is 9.59 Å². The Labute approximate surface area is 162 Å². The van der Waals surface area contributed by atoms with Gasteiger partial charge in [-0.1, -0.05) is 42.3 Å². The van der Waals surface area contributed by atoms with E-state index in [0.717, 1.165) is 5.56 Å². The normalized spacial score (nSPS) is 12.0. The van der Waals surface area contributed by atoms with Crippen LogP contribution in [0.3, 0.4) is 0 Å². The number of amides is 1. The molecule has 0 aliphatic carbocycles. The fourth-order valence-corrected chi connectivity index (χ4v) is 3.04. The summed E-state index contributed by atoms with van der Waals surface area (Å²) in [5, 5.41) is 12.6. The molecular formula is C19H20Cl2N2O3. The molecule has 0 saturated carbocycles. The predicted octanol–water partition coefficient (Wildman–Crippen LogP) is 4.40. The van der Waals surface area contributed by atoms with Gasteiger partial charge >= 0.3 is 5.97 Å². The summed E-state index contributed by atoms with van der Waals surface area (Å²) < 4.78 is 0. The number of carbonyl (C=O) groups excluding carboxylic acids is 1. The first-order valence-electron chi connectivity index (χ1n) is 8.03. The Bertz CT molecular complexity index is 811. The number of hydrogen-bond acceptors (Lipinski definition) is 3. The van der Waals surface area contributed by atoms with Crippen LogP contribution in [0.4, 0.5) is 5.69 Å². The van der Waals surface area contributed by atoms with Crippen molar-refractivity contribution in [1.82, 2.24) is 4.90 Å². The highest BCUT2D eigenvalue weighted by Crippen LogP contribution is 2.22. The fraction of sp³-hybridized carbons (Fsp3) is 0.263. The smallest absolute Gasteiger partial charge is 0.307 e. The van der Waals surface area contributed by atoms with Gasteiger partial charge in [-0.05, 0) is 42.9 Å². The molecule has 0 spiro atoms. The van der Waals surface area contributed by atoms with Gasteiger partial charge in [0.2, 0.25) is 0 Å². The average molecular weight is 395 g/mol. The van der Waals surface area contributed by atoms with E-state index in [1.165, 1.54) is 6.07 Å². The lowest BCUT2D eigenvalue weighted by Gasteiger charge is -2.19. The quantitative estimate of drug-likeness (QED) is 0.729. The zero-order chi connectivity index (χ0) is 19.3. The largest absolute Gasteiger partial charge is 0.481 e. The van der Waals surface area contributed by atoms with Crippen LogP contribution < -0.4 is 5.32 Å². The summed E-state index contributed by atoms with van der Waals surface area (Å²) in [6.07, 6.45) is 0. The summed E-state index contributed by atoms with van der Waals surface area (Å²) in [5.74, 6) is -1.59. The van der Waals surface area contributed by atoms with Gasteiger partial charge in [0.05, 0.1) is 16.5 Å². The average Bonchev–Trinajstić information content (AvgIpc) is 2.54. The van der Waals surface area contributed by atoms with Crippen LogP contribution >= 0.6 is 23.2 Å². The van der Waals surface area contributed by atoms with Crippen LogP contribution in [0.5, 0.6) is 0 Å². The van der Waals surface area contributed by atoms with Gasteiger partial charge in [-0.15, -0.1) is 0 Å². The van der Waals surface area contributed by atoms with E-state index in [4.69, 9.17) is 28.3 Å². The van der Waals surface area contributed by atoms with Gasteiger partial charge in [0.15, 0.2) is 0 Å². The van der Waals surface area contributed by atoms with Crippen LogP contribution in [0.1, 0.15) is 22.8 Å². The van der Waals surface area contributed by atoms with Crippen molar-refractivity contribution in [1.29, 1.82) is 0 Å². The number of aliphatic carboxylic acids is 1. The van der Waals surface area contributed by atoms with E-state index in [2.05, 4.69) is 5.32 Å². The molecule has 0 aliphatic rings. The van der Waals surface area contributed by atoms with E-state index in [-0.39, 0.29) is 10.9 Å². The van der Waals surface area contributed by atoms with E-state index in [1.807, 2.05) is 30.1 Å². The van der Waals surface area contributed by atoms with E-state index in [9.17, 15) is 9.59 Å². The van der Waals surface area contributed by atoms with Crippen molar-refractivity contribution in [3.05, 3.63) is 63.6 Å². The lowest BCUT2D eigenvalue weighted by molar-refractivity contribution is -0.141. The second kappa shape index (κ2) is 9.03. The third-order valence-corrected chi connectivity index (χ3v) is 4.37. The molecule has 2 aromatic carbocycles. The Morgan fingerprint density at radius 3 is 2.58 bits per heavy atom. The Morgan fingerprint density at radius 1 is 1.19 bits per heavy atom. The van der Waals surface area contributed by atoms with Crippen molar-refractivity contribution in [2.45, 2.75) is 13.5 Å². The number of nitrogens with one attached hydrogen (secondary N) is 1. The van der Waals surface area contributed by atoms with Crippen molar-refractivity contribution in [3.8, 4) is 0 Å². The van der Waals surface area contributed by atoms with Gasteiger partial charge in [0.1, 0.15) is 0 Å². The number of nitrogens with zero attached hydrogens (tertiary/aromatic N) is 1.